The molecule has 2 aromatic carbocycles. The third-order valence-electron chi connectivity index (χ3n) is 6.26. The number of ketones is 1. The SMILES string of the molecule is COc1ccc([C@H]2C3=C(C[C@@H](c4ccc(OC)c(OC)c4)CC3=O)Nc3ncnn32)cc1O. The van der Waals surface area contributed by atoms with E-state index >= 15 is 0 Å². The molecule has 0 fully saturated rings. The largest absolute Gasteiger partial charge is 0.504 e. The maximum Gasteiger partial charge on any atom is 0.226 e. The van der Waals surface area contributed by atoms with Crippen molar-refractivity contribution in [3.05, 3.63) is 65.1 Å². The number of anilines is 1. The average molecular weight is 448 g/mol. The number of phenols is 1. The summed E-state index contributed by atoms with van der Waals surface area (Å²) in [7, 11) is 4.69. The highest BCUT2D eigenvalue weighted by Gasteiger charge is 2.39. The predicted molar refractivity (Wildman–Crippen MR) is 120 cm³/mol. The monoisotopic (exact) mass is 448 g/mol. The van der Waals surface area contributed by atoms with Crippen molar-refractivity contribution in [1.29, 1.82) is 0 Å². The summed E-state index contributed by atoms with van der Waals surface area (Å²) >= 11 is 0. The number of nitrogens with one attached hydrogen (secondary N) is 1. The highest BCUT2D eigenvalue weighted by molar-refractivity contribution is 6.00. The van der Waals surface area contributed by atoms with E-state index in [0.29, 0.717) is 41.6 Å². The second-order valence-corrected chi connectivity index (χ2v) is 8.02. The van der Waals surface area contributed by atoms with Gasteiger partial charge in [0.05, 0.1) is 21.3 Å². The van der Waals surface area contributed by atoms with Crippen LogP contribution in [0.3, 0.4) is 0 Å². The standard InChI is InChI=1S/C24H24N4O5/c1-31-19-6-5-14(9-17(19)29)23-22-16(27-24-25-12-26-28(23)24)8-15(10-18(22)30)13-4-7-20(32-2)21(11-13)33-3/h4-7,9,11-12,15,23,29H,8,10H2,1-3H3,(H,25,26,27)/t15-,23+/m1/s1. The van der Waals surface area contributed by atoms with E-state index in [-0.39, 0.29) is 17.5 Å². The molecule has 0 saturated heterocycles. The Kier molecular flexibility index (Phi) is 5.16. The first-order valence-electron chi connectivity index (χ1n) is 10.6. The molecule has 0 saturated carbocycles. The van der Waals surface area contributed by atoms with Crippen LogP contribution in [0.5, 0.6) is 23.0 Å². The Hall–Kier alpha value is -4.01. The van der Waals surface area contributed by atoms with E-state index in [9.17, 15) is 9.90 Å². The van der Waals surface area contributed by atoms with Crippen molar-refractivity contribution in [2.24, 2.45) is 0 Å². The van der Waals surface area contributed by atoms with Gasteiger partial charge < -0.3 is 24.6 Å². The van der Waals surface area contributed by atoms with Crippen molar-refractivity contribution >= 4 is 11.7 Å². The van der Waals surface area contributed by atoms with Crippen LogP contribution < -0.4 is 19.5 Å². The number of carbonyl (C=O) groups excluding carboxylic acids is 1. The Morgan fingerprint density at radius 3 is 2.42 bits per heavy atom. The van der Waals surface area contributed by atoms with Crippen LogP contribution in [0.15, 0.2) is 54.0 Å². The summed E-state index contributed by atoms with van der Waals surface area (Å²) in [4.78, 5) is 17.8. The molecule has 9 heteroatoms. The Morgan fingerprint density at radius 2 is 1.70 bits per heavy atom. The Labute approximate surface area is 190 Å². The molecule has 1 aliphatic heterocycles. The van der Waals surface area contributed by atoms with E-state index in [0.717, 1.165) is 16.8 Å². The summed E-state index contributed by atoms with van der Waals surface area (Å²) in [5, 5.41) is 18.0. The zero-order valence-corrected chi connectivity index (χ0v) is 18.5. The number of hydrogen-bond acceptors (Lipinski definition) is 8. The summed E-state index contributed by atoms with van der Waals surface area (Å²) in [5.74, 6) is 2.19. The van der Waals surface area contributed by atoms with Gasteiger partial charge in [-0.05, 0) is 47.7 Å². The van der Waals surface area contributed by atoms with Crippen molar-refractivity contribution < 1.29 is 24.1 Å². The molecule has 2 heterocycles. The number of benzene rings is 2. The van der Waals surface area contributed by atoms with Crippen LogP contribution in [-0.2, 0) is 4.79 Å². The Bertz CT molecular complexity index is 1270. The van der Waals surface area contributed by atoms with Gasteiger partial charge in [0, 0.05) is 17.7 Å². The second kappa shape index (κ2) is 8.16. The van der Waals surface area contributed by atoms with Crippen molar-refractivity contribution in [3.63, 3.8) is 0 Å². The van der Waals surface area contributed by atoms with Crippen LogP contribution in [0, 0.1) is 0 Å². The molecule has 0 spiro atoms. The van der Waals surface area contributed by atoms with E-state index in [1.165, 1.54) is 13.4 Å². The highest BCUT2D eigenvalue weighted by atomic mass is 16.5. The fourth-order valence-corrected chi connectivity index (χ4v) is 4.68. The third-order valence-corrected chi connectivity index (χ3v) is 6.26. The predicted octanol–water partition coefficient (Wildman–Crippen LogP) is 3.43. The summed E-state index contributed by atoms with van der Waals surface area (Å²) in [5.41, 5.74) is 3.17. The van der Waals surface area contributed by atoms with Gasteiger partial charge in [-0.25, -0.2) is 4.68 Å². The first-order chi connectivity index (χ1) is 16.0. The third kappa shape index (κ3) is 3.45. The van der Waals surface area contributed by atoms with Gasteiger partial charge in [-0.2, -0.15) is 10.1 Å². The first-order valence-corrected chi connectivity index (χ1v) is 10.6. The van der Waals surface area contributed by atoms with Gasteiger partial charge in [0.1, 0.15) is 12.4 Å². The number of Topliss-reactive ketones (excluding diaryl/α,β-unsaturated/α-hetero) is 1. The van der Waals surface area contributed by atoms with Crippen LogP contribution in [0.25, 0.3) is 0 Å². The number of aromatic hydroxyl groups is 1. The molecule has 2 N–H and O–H groups in total. The fourth-order valence-electron chi connectivity index (χ4n) is 4.68. The van der Waals surface area contributed by atoms with Gasteiger partial charge in [0.2, 0.25) is 5.95 Å². The number of allylic oxidation sites excluding steroid dienone is 2. The molecule has 33 heavy (non-hydrogen) atoms. The number of hydrogen-bond donors (Lipinski definition) is 2. The number of phenolic OH excluding ortho intramolecular Hbond substituents is 1. The molecule has 3 aromatic rings. The van der Waals surface area contributed by atoms with Crippen molar-refractivity contribution in [3.8, 4) is 23.0 Å². The molecule has 170 valence electrons. The zero-order valence-electron chi connectivity index (χ0n) is 18.5. The minimum atomic E-state index is -0.491. The molecule has 0 unspecified atom stereocenters. The molecule has 1 aromatic heterocycles. The molecule has 5 rings (SSSR count). The zero-order chi connectivity index (χ0) is 23.1. The number of nitrogens with zero attached hydrogens (tertiary/aromatic N) is 3. The molecular weight excluding hydrogens is 424 g/mol. The summed E-state index contributed by atoms with van der Waals surface area (Å²) in [6.45, 7) is 0. The van der Waals surface area contributed by atoms with Crippen LogP contribution in [0.4, 0.5) is 5.95 Å². The Balaban J connectivity index is 1.56. The fraction of sp³-hybridized carbons (Fsp3) is 0.292. The minimum absolute atomic E-state index is 0.00353. The molecule has 0 bridgehead atoms. The number of rotatable bonds is 5. The number of ether oxygens (including phenoxy) is 3. The number of fused-ring (bicyclic) bond motifs is 1. The summed E-state index contributed by atoms with van der Waals surface area (Å²) in [6.07, 6.45) is 2.42. The molecule has 1 aliphatic carbocycles. The van der Waals surface area contributed by atoms with E-state index in [4.69, 9.17) is 14.2 Å². The lowest BCUT2D eigenvalue weighted by Gasteiger charge is -2.35. The van der Waals surface area contributed by atoms with Crippen LogP contribution >= 0.6 is 0 Å². The van der Waals surface area contributed by atoms with Crippen molar-refractivity contribution in [1.82, 2.24) is 14.8 Å². The van der Waals surface area contributed by atoms with Crippen LogP contribution in [-0.4, -0.2) is 47.0 Å². The minimum Gasteiger partial charge on any atom is -0.504 e. The smallest absolute Gasteiger partial charge is 0.226 e. The lowest BCUT2D eigenvalue weighted by Crippen LogP contribution is -2.33. The van der Waals surface area contributed by atoms with Crippen molar-refractivity contribution in [2.75, 3.05) is 26.6 Å². The second-order valence-electron chi connectivity index (χ2n) is 8.02. The van der Waals surface area contributed by atoms with Gasteiger partial charge >= 0.3 is 0 Å². The number of aromatic nitrogens is 3. The van der Waals surface area contributed by atoms with Crippen molar-refractivity contribution in [2.45, 2.75) is 24.8 Å². The molecule has 2 atom stereocenters. The van der Waals surface area contributed by atoms with E-state index < -0.39 is 6.04 Å². The maximum absolute atomic E-state index is 13.5. The molecule has 9 nitrogen and oxygen atoms in total. The summed E-state index contributed by atoms with van der Waals surface area (Å²) < 4.78 is 17.6. The van der Waals surface area contributed by atoms with Crippen LogP contribution in [0.2, 0.25) is 0 Å². The topological polar surface area (TPSA) is 108 Å². The van der Waals surface area contributed by atoms with Gasteiger partial charge in [-0.1, -0.05) is 12.1 Å². The molecule has 2 aliphatic rings. The van der Waals surface area contributed by atoms with E-state index in [2.05, 4.69) is 15.4 Å². The lowest BCUT2D eigenvalue weighted by molar-refractivity contribution is -0.116. The Morgan fingerprint density at radius 1 is 0.970 bits per heavy atom. The van der Waals surface area contributed by atoms with Gasteiger partial charge in [-0.3, -0.25) is 4.79 Å². The number of methoxy groups -OCH3 is 3. The molecular formula is C24H24N4O5. The van der Waals surface area contributed by atoms with E-state index in [1.807, 2.05) is 24.3 Å². The molecule has 0 amide bonds. The lowest BCUT2D eigenvalue weighted by atomic mass is 9.78. The average Bonchev–Trinajstić information content (AvgIpc) is 3.30. The molecule has 0 radical (unpaired) electrons. The normalized spacial score (nSPS) is 19.4. The maximum atomic E-state index is 13.5. The van der Waals surface area contributed by atoms with Gasteiger partial charge in [0.25, 0.3) is 0 Å². The number of carbonyl (C=O) groups is 1. The van der Waals surface area contributed by atoms with E-state index in [1.54, 1.807) is 31.0 Å². The van der Waals surface area contributed by atoms with Crippen LogP contribution in [0.1, 0.15) is 35.9 Å². The highest BCUT2D eigenvalue weighted by Crippen LogP contribution is 2.45. The quantitative estimate of drug-likeness (QED) is 0.611. The van der Waals surface area contributed by atoms with Gasteiger partial charge in [-0.15, -0.1) is 0 Å². The first kappa shape index (κ1) is 20.9. The van der Waals surface area contributed by atoms with Gasteiger partial charge in [0.15, 0.2) is 28.8 Å². The summed E-state index contributed by atoms with van der Waals surface area (Å²) in [6, 6.07) is 10.4.